The highest BCUT2D eigenvalue weighted by Crippen LogP contribution is 2.19. The molecule has 28 heavy (non-hydrogen) atoms. The lowest BCUT2D eigenvalue weighted by Gasteiger charge is -2.36. The van der Waals surface area contributed by atoms with Crippen LogP contribution in [0.3, 0.4) is 0 Å². The summed E-state index contributed by atoms with van der Waals surface area (Å²) in [5.74, 6) is 1.64. The van der Waals surface area contributed by atoms with Crippen LogP contribution in [0, 0.1) is 6.92 Å². The third kappa shape index (κ3) is 5.38. The van der Waals surface area contributed by atoms with Gasteiger partial charge in [0.05, 0.1) is 12.2 Å². The summed E-state index contributed by atoms with van der Waals surface area (Å²) in [6.07, 6.45) is 5.38. The fourth-order valence-corrected chi connectivity index (χ4v) is 3.59. The van der Waals surface area contributed by atoms with E-state index in [-0.39, 0.29) is 11.0 Å². The first-order valence-corrected chi connectivity index (χ1v) is 10.2. The van der Waals surface area contributed by atoms with Crippen molar-refractivity contribution in [1.29, 1.82) is 0 Å². The lowest BCUT2D eigenvalue weighted by Crippen LogP contribution is -2.45. The maximum Gasteiger partial charge on any atom is 0.266 e. The minimum Gasteiger partial charge on any atom is -0.368 e. The molecule has 152 valence electrons. The van der Waals surface area contributed by atoms with Gasteiger partial charge in [-0.1, -0.05) is 27.2 Å². The zero-order chi connectivity index (χ0) is 20.1. The number of nitrogens with zero attached hydrogens (tertiary/aromatic N) is 5. The second-order valence-corrected chi connectivity index (χ2v) is 8.59. The van der Waals surface area contributed by atoms with Crippen LogP contribution >= 0.6 is 0 Å². The van der Waals surface area contributed by atoms with E-state index in [9.17, 15) is 4.79 Å². The van der Waals surface area contributed by atoms with Gasteiger partial charge in [0.1, 0.15) is 11.6 Å². The summed E-state index contributed by atoms with van der Waals surface area (Å²) in [6.45, 7) is 11.6. The molecule has 0 radical (unpaired) electrons. The average molecular weight is 385 g/mol. The molecule has 1 aliphatic rings. The van der Waals surface area contributed by atoms with Gasteiger partial charge in [-0.3, -0.25) is 9.69 Å². The second kappa shape index (κ2) is 8.82. The van der Waals surface area contributed by atoms with E-state index in [1.807, 2.05) is 19.1 Å². The number of piperidine rings is 1. The number of hydrogen-bond acceptors (Lipinski definition) is 6. The Balaban J connectivity index is 1.62. The van der Waals surface area contributed by atoms with E-state index in [4.69, 9.17) is 0 Å². The van der Waals surface area contributed by atoms with Gasteiger partial charge in [0.25, 0.3) is 5.56 Å². The highest BCUT2D eigenvalue weighted by Gasteiger charge is 2.23. The minimum absolute atomic E-state index is 0.0313. The lowest BCUT2D eigenvalue weighted by atomic mass is 9.92. The quantitative estimate of drug-likeness (QED) is 0.825. The molecule has 3 rings (SSSR count). The summed E-state index contributed by atoms with van der Waals surface area (Å²) in [7, 11) is 0. The van der Waals surface area contributed by atoms with Crippen LogP contribution in [0.5, 0.6) is 0 Å². The second-order valence-electron chi connectivity index (χ2n) is 8.59. The number of nitrogens with one attached hydrogen (secondary N) is 1. The Morgan fingerprint density at radius 1 is 1.18 bits per heavy atom. The van der Waals surface area contributed by atoms with E-state index < -0.39 is 0 Å². The van der Waals surface area contributed by atoms with Crippen LogP contribution < -0.4 is 10.9 Å². The zero-order valence-electron chi connectivity index (χ0n) is 17.5. The van der Waals surface area contributed by atoms with Crippen molar-refractivity contribution in [3.05, 3.63) is 46.3 Å². The number of aromatic nitrogens is 4. The molecule has 1 aliphatic heterocycles. The number of aryl methyl sites for hydroxylation is 1. The molecule has 0 amide bonds. The Hall–Kier alpha value is -2.28. The smallest absolute Gasteiger partial charge is 0.266 e. The van der Waals surface area contributed by atoms with Gasteiger partial charge < -0.3 is 5.32 Å². The van der Waals surface area contributed by atoms with Crippen molar-refractivity contribution in [3.8, 4) is 0 Å². The van der Waals surface area contributed by atoms with Crippen molar-refractivity contribution in [2.24, 2.45) is 0 Å². The van der Waals surface area contributed by atoms with Crippen LogP contribution in [-0.2, 0) is 12.0 Å². The maximum absolute atomic E-state index is 12.3. The normalized spacial score (nSPS) is 18.2. The average Bonchev–Trinajstić information content (AvgIpc) is 2.65. The van der Waals surface area contributed by atoms with Gasteiger partial charge >= 0.3 is 0 Å². The molecule has 7 nitrogen and oxygen atoms in total. The molecule has 1 unspecified atom stereocenters. The molecule has 2 aromatic heterocycles. The van der Waals surface area contributed by atoms with Crippen molar-refractivity contribution in [3.63, 3.8) is 0 Å². The molecule has 2 aromatic rings. The Bertz CT molecular complexity index is 841. The van der Waals surface area contributed by atoms with Crippen LogP contribution in [-0.4, -0.2) is 50.3 Å². The van der Waals surface area contributed by atoms with Crippen LogP contribution in [0.25, 0.3) is 0 Å². The highest BCUT2D eigenvalue weighted by atomic mass is 16.1. The van der Waals surface area contributed by atoms with Crippen molar-refractivity contribution < 1.29 is 0 Å². The molecule has 0 aromatic carbocycles. The highest BCUT2D eigenvalue weighted by molar-refractivity contribution is 5.32. The minimum atomic E-state index is -0.0668. The van der Waals surface area contributed by atoms with Gasteiger partial charge in [-0.15, -0.1) is 0 Å². The Morgan fingerprint density at radius 2 is 2.00 bits per heavy atom. The molecule has 1 N–H and O–H groups in total. The summed E-state index contributed by atoms with van der Waals surface area (Å²) in [4.78, 5) is 23.3. The van der Waals surface area contributed by atoms with Gasteiger partial charge in [-0.2, -0.15) is 5.10 Å². The standard InChI is InChI=1S/C21H32N6O/c1-16-22-11-10-19(24-16)23-15-17-7-5-6-12-26(17)13-14-27-20(28)9-8-18(25-27)21(2,3)4/h8-11,17H,5-7,12-15H2,1-4H3,(H,22,23,24). The van der Waals surface area contributed by atoms with Crippen LogP contribution in [0.4, 0.5) is 5.82 Å². The van der Waals surface area contributed by atoms with E-state index in [0.717, 1.165) is 43.4 Å². The van der Waals surface area contributed by atoms with E-state index in [1.165, 1.54) is 12.8 Å². The predicted molar refractivity (Wildman–Crippen MR) is 112 cm³/mol. The van der Waals surface area contributed by atoms with Crippen molar-refractivity contribution in [2.45, 2.75) is 65.0 Å². The summed E-state index contributed by atoms with van der Waals surface area (Å²) in [5, 5.41) is 8.05. The maximum atomic E-state index is 12.3. The monoisotopic (exact) mass is 384 g/mol. The van der Waals surface area contributed by atoms with Crippen molar-refractivity contribution in [1.82, 2.24) is 24.6 Å². The van der Waals surface area contributed by atoms with Gasteiger partial charge in [-0.25, -0.2) is 14.6 Å². The van der Waals surface area contributed by atoms with Gasteiger partial charge in [0, 0.05) is 36.8 Å². The molecule has 0 spiro atoms. The summed E-state index contributed by atoms with van der Waals surface area (Å²) in [6, 6.07) is 5.82. The zero-order valence-corrected chi connectivity index (χ0v) is 17.5. The van der Waals surface area contributed by atoms with Crippen LogP contribution in [0.15, 0.2) is 29.2 Å². The number of rotatable bonds is 6. The largest absolute Gasteiger partial charge is 0.368 e. The summed E-state index contributed by atoms with van der Waals surface area (Å²) >= 11 is 0. The summed E-state index contributed by atoms with van der Waals surface area (Å²) in [5.41, 5.74) is 0.849. The Kier molecular flexibility index (Phi) is 6.44. The van der Waals surface area contributed by atoms with Crippen molar-refractivity contribution in [2.75, 3.05) is 25.0 Å². The van der Waals surface area contributed by atoms with E-state index >= 15 is 0 Å². The molecular weight excluding hydrogens is 352 g/mol. The van der Waals surface area contributed by atoms with E-state index in [0.29, 0.717) is 12.6 Å². The van der Waals surface area contributed by atoms with Crippen LogP contribution in [0.1, 0.15) is 51.6 Å². The van der Waals surface area contributed by atoms with Gasteiger partial charge in [0.15, 0.2) is 0 Å². The first-order valence-electron chi connectivity index (χ1n) is 10.2. The van der Waals surface area contributed by atoms with Gasteiger partial charge in [-0.05, 0) is 38.4 Å². The SMILES string of the molecule is Cc1nccc(NCC2CCCCN2CCn2nc(C(C)(C)C)ccc2=O)n1. The number of hydrogen-bond donors (Lipinski definition) is 1. The molecule has 3 heterocycles. The predicted octanol–water partition coefficient (Wildman–Crippen LogP) is 2.61. The number of likely N-dealkylation sites (tertiary alicyclic amines) is 1. The fourth-order valence-electron chi connectivity index (χ4n) is 3.59. The third-order valence-corrected chi connectivity index (χ3v) is 5.28. The summed E-state index contributed by atoms with van der Waals surface area (Å²) < 4.78 is 1.62. The molecule has 0 saturated carbocycles. The molecule has 1 fully saturated rings. The Labute approximate surface area is 167 Å². The molecule has 7 heteroatoms. The first-order chi connectivity index (χ1) is 13.3. The molecular formula is C21H32N6O. The van der Waals surface area contributed by atoms with Gasteiger partial charge in [0.2, 0.25) is 0 Å². The van der Waals surface area contributed by atoms with E-state index in [1.54, 1.807) is 16.9 Å². The lowest BCUT2D eigenvalue weighted by molar-refractivity contribution is 0.147. The fraction of sp³-hybridized carbons (Fsp3) is 0.619. The number of anilines is 1. The van der Waals surface area contributed by atoms with E-state index in [2.05, 4.69) is 46.1 Å². The molecule has 1 saturated heterocycles. The molecule has 0 aliphatic carbocycles. The topological polar surface area (TPSA) is 75.9 Å². The molecule has 1 atom stereocenters. The molecule has 0 bridgehead atoms. The Morgan fingerprint density at radius 3 is 2.75 bits per heavy atom. The van der Waals surface area contributed by atoms with Crippen LogP contribution in [0.2, 0.25) is 0 Å². The first kappa shape index (κ1) is 20.5. The third-order valence-electron chi connectivity index (χ3n) is 5.28. The van der Waals surface area contributed by atoms with Crippen molar-refractivity contribution >= 4 is 5.82 Å².